The zero-order chi connectivity index (χ0) is 18.9. The fourth-order valence-corrected chi connectivity index (χ4v) is 2.76. The Morgan fingerprint density at radius 3 is 2.69 bits per heavy atom. The summed E-state index contributed by atoms with van der Waals surface area (Å²) in [5.41, 5.74) is 1.76. The van der Waals surface area contributed by atoms with Gasteiger partial charge in [0.25, 0.3) is 5.91 Å². The van der Waals surface area contributed by atoms with E-state index in [0.717, 1.165) is 5.56 Å². The van der Waals surface area contributed by atoms with Crippen molar-refractivity contribution in [2.24, 2.45) is 0 Å². The summed E-state index contributed by atoms with van der Waals surface area (Å²) in [7, 11) is 0. The molecule has 0 saturated heterocycles. The number of nitrogens with one attached hydrogen (secondary N) is 1. The van der Waals surface area contributed by atoms with Crippen LogP contribution in [0.4, 0.5) is 11.4 Å². The lowest BCUT2D eigenvalue weighted by Gasteiger charge is -2.28. The van der Waals surface area contributed by atoms with Crippen molar-refractivity contribution in [2.75, 3.05) is 23.4 Å². The first-order valence-corrected chi connectivity index (χ1v) is 8.41. The summed E-state index contributed by atoms with van der Waals surface area (Å²) >= 11 is 0. The lowest BCUT2D eigenvalue weighted by Crippen LogP contribution is -2.43. The Bertz CT molecular complexity index is 855. The third-order valence-electron chi connectivity index (χ3n) is 4.25. The number of phenolic OH excluding ortho intramolecular Hbond substituents is 1. The maximum Gasteiger partial charge on any atom is 0.265 e. The van der Waals surface area contributed by atoms with E-state index in [1.165, 1.54) is 4.90 Å². The molecule has 0 atom stereocenters. The highest BCUT2D eigenvalue weighted by atomic mass is 16.5. The van der Waals surface area contributed by atoms with Gasteiger partial charge in [-0.3, -0.25) is 14.5 Å². The second kappa shape index (κ2) is 6.71. The highest BCUT2D eigenvalue weighted by molar-refractivity contribution is 6.05. The number of carbonyl (C=O) groups excluding carboxylic acids is 2. The number of nitrogens with zero attached hydrogens (tertiary/aromatic N) is 1. The molecule has 0 aromatic heterocycles. The topological polar surface area (TPSA) is 78.9 Å². The molecule has 0 unspecified atom stereocenters. The Hall–Kier alpha value is -3.02. The summed E-state index contributed by atoms with van der Waals surface area (Å²) in [5.74, 6) is -0.125. The zero-order valence-electron chi connectivity index (χ0n) is 15.1. The molecule has 0 radical (unpaired) electrons. The van der Waals surface area contributed by atoms with Crippen LogP contribution in [0.15, 0.2) is 42.5 Å². The van der Waals surface area contributed by atoms with E-state index in [4.69, 9.17) is 4.74 Å². The Morgan fingerprint density at radius 1 is 1.23 bits per heavy atom. The van der Waals surface area contributed by atoms with Crippen molar-refractivity contribution in [3.63, 3.8) is 0 Å². The second-order valence-electron chi connectivity index (χ2n) is 7.27. The third-order valence-corrected chi connectivity index (χ3v) is 4.25. The molecule has 0 fully saturated rings. The summed E-state index contributed by atoms with van der Waals surface area (Å²) in [6, 6.07) is 12.2. The van der Waals surface area contributed by atoms with Gasteiger partial charge in [0.05, 0.1) is 11.4 Å². The van der Waals surface area contributed by atoms with Crippen LogP contribution in [-0.4, -0.2) is 30.1 Å². The first-order chi connectivity index (χ1) is 12.3. The number of benzene rings is 2. The van der Waals surface area contributed by atoms with Crippen molar-refractivity contribution in [1.29, 1.82) is 0 Å². The van der Waals surface area contributed by atoms with Crippen LogP contribution in [0.3, 0.4) is 0 Å². The normalized spacial score (nSPS) is 13.8. The molecule has 1 aliphatic rings. The molecule has 3 rings (SSSR count). The first-order valence-electron chi connectivity index (χ1n) is 8.41. The number of rotatable bonds is 3. The number of aromatic hydroxyl groups is 1. The number of phenols is 1. The van der Waals surface area contributed by atoms with Crippen LogP contribution in [0, 0.1) is 0 Å². The average Bonchev–Trinajstić information content (AvgIpc) is 2.58. The van der Waals surface area contributed by atoms with E-state index in [-0.39, 0.29) is 30.2 Å². The van der Waals surface area contributed by atoms with Crippen LogP contribution in [0.2, 0.25) is 0 Å². The Labute approximate surface area is 152 Å². The van der Waals surface area contributed by atoms with E-state index in [2.05, 4.69) is 5.32 Å². The molecule has 26 heavy (non-hydrogen) atoms. The van der Waals surface area contributed by atoms with Gasteiger partial charge < -0.3 is 15.2 Å². The van der Waals surface area contributed by atoms with Crippen LogP contribution in [-0.2, 0) is 15.0 Å². The number of ether oxygens (including phenoxy) is 1. The van der Waals surface area contributed by atoms with Crippen molar-refractivity contribution in [3.05, 3.63) is 48.0 Å². The zero-order valence-corrected chi connectivity index (χ0v) is 15.1. The number of hydrogen-bond donors (Lipinski definition) is 2. The molecule has 2 aromatic rings. The van der Waals surface area contributed by atoms with Gasteiger partial charge in [0, 0.05) is 0 Å². The molecule has 2 N–H and O–H groups in total. The second-order valence-corrected chi connectivity index (χ2v) is 7.27. The maximum atomic E-state index is 12.5. The number of carbonyl (C=O) groups is 2. The molecule has 2 amide bonds. The van der Waals surface area contributed by atoms with Gasteiger partial charge in [-0.2, -0.15) is 0 Å². The van der Waals surface area contributed by atoms with Gasteiger partial charge in [-0.25, -0.2) is 0 Å². The monoisotopic (exact) mass is 354 g/mol. The number of anilines is 2. The standard InChI is InChI=1S/C20H22N2O4/c1-20(2,3)13-8-9-16(23)14(10-13)21-18(24)11-22-15-6-4-5-7-17(15)26-12-19(22)25/h4-10,23H,11-12H2,1-3H3,(H,21,24). The molecule has 136 valence electrons. The fraction of sp³-hybridized carbons (Fsp3) is 0.300. The minimum absolute atomic E-state index is 0.0138. The lowest BCUT2D eigenvalue weighted by molar-refractivity contribution is -0.123. The van der Waals surface area contributed by atoms with Crippen molar-refractivity contribution < 1.29 is 19.4 Å². The smallest absolute Gasteiger partial charge is 0.265 e. The van der Waals surface area contributed by atoms with Crippen LogP contribution in [0.5, 0.6) is 11.5 Å². The molecule has 0 bridgehead atoms. The summed E-state index contributed by atoms with van der Waals surface area (Å²) in [4.78, 5) is 26.0. The quantitative estimate of drug-likeness (QED) is 0.831. The van der Waals surface area contributed by atoms with Crippen molar-refractivity contribution in [1.82, 2.24) is 0 Å². The number of hydrogen-bond acceptors (Lipinski definition) is 4. The van der Waals surface area contributed by atoms with Crippen molar-refractivity contribution in [2.45, 2.75) is 26.2 Å². The summed E-state index contributed by atoms with van der Waals surface area (Å²) in [6.45, 7) is 5.89. The highest BCUT2D eigenvalue weighted by Crippen LogP contribution is 2.32. The molecule has 6 heteroatoms. The van der Waals surface area contributed by atoms with Crippen molar-refractivity contribution in [3.8, 4) is 11.5 Å². The average molecular weight is 354 g/mol. The van der Waals surface area contributed by atoms with E-state index in [1.54, 1.807) is 30.3 Å². The van der Waals surface area contributed by atoms with E-state index in [9.17, 15) is 14.7 Å². The van der Waals surface area contributed by atoms with E-state index in [0.29, 0.717) is 17.1 Å². The summed E-state index contributed by atoms with van der Waals surface area (Å²) in [6.07, 6.45) is 0. The minimum atomic E-state index is -0.392. The molecule has 6 nitrogen and oxygen atoms in total. The first kappa shape index (κ1) is 17.8. The van der Waals surface area contributed by atoms with E-state index in [1.807, 2.05) is 32.9 Å². The number of amides is 2. The third kappa shape index (κ3) is 3.64. The van der Waals surface area contributed by atoms with Crippen LogP contribution in [0.1, 0.15) is 26.3 Å². The minimum Gasteiger partial charge on any atom is -0.506 e. The Kier molecular flexibility index (Phi) is 4.59. The Morgan fingerprint density at radius 2 is 1.96 bits per heavy atom. The molecule has 0 saturated carbocycles. The molecule has 1 heterocycles. The van der Waals surface area contributed by atoms with Gasteiger partial charge in [0.15, 0.2) is 6.61 Å². The highest BCUT2D eigenvalue weighted by Gasteiger charge is 2.27. The van der Waals surface area contributed by atoms with Gasteiger partial charge in [0.1, 0.15) is 18.0 Å². The van der Waals surface area contributed by atoms with Crippen LogP contribution in [0.25, 0.3) is 0 Å². The summed E-state index contributed by atoms with van der Waals surface area (Å²) in [5, 5.41) is 12.7. The van der Waals surface area contributed by atoms with Gasteiger partial charge >= 0.3 is 0 Å². The van der Waals surface area contributed by atoms with Gasteiger partial charge in [-0.05, 0) is 35.2 Å². The van der Waals surface area contributed by atoms with Gasteiger partial charge in [-0.15, -0.1) is 0 Å². The predicted octanol–water partition coefficient (Wildman–Crippen LogP) is 3.05. The van der Waals surface area contributed by atoms with E-state index >= 15 is 0 Å². The Balaban J connectivity index is 1.79. The number of para-hydroxylation sites is 2. The molecule has 2 aromatic carbocycles. The van der Waals surface area contributed by atoms with Crippen LogP contribution >= 0.6 is 0 Å². The van der Waals surface area contributed by atoms with Crippen LogP contribution < -0.4 is 15.0 Å². The SMILES string of the molecule is CC(C)(C)c1ccc(O)c(NC(=O)CN2C(=O)COc3ccccc32)c1. The molecular weight excluding hydrogens is 332 g/mol. The maximum absolute atomic E-state index is 12.5. The molecule has 0 spiro atoms. The lowest BCUT2D eigenvalue weighted by atomic mass is 9.87. The van der Waals surface area contributed by atoms with Gasteiger partial charge in [0.2, 0.25) is 5.91 Å². The fourth-order valence-electron chi connectivity index (χ4n) is 2.76. The molecule has 0 aliphatic carbocycles. The summed E-state index contributed by atoms with van der Waals surface area (Å²) < 4.78 is 5.38. The number of fused-ring (bicyclic) bond motifs is 1. The largest absolute Gasteiger partial charge is 0.506 e. The van der Waals surface area contributed by atoms with Crippen molar-refractivity contribution >= 4 is 23.2 Å². The van der Waals surface area contributed by atoms with E-state index < -0.39 is 5.91 Å². The van der Waals surface area contributed by atoms with Gasteiger partial charge in [-0.1, -0.05) is 39.0 Å². The molecular formula is C20H22N2O4. The predicted molar refractivity (Wildman–Crippen MR) is 99.7 cm³/mol. The molecule has 1 aliphatic heterocycles.